The van der Waals surface area contributed by atoms with Crippen LogP contribution in [0.25, 0.3) is 11.2 Å². The monoisotopic (exact) mass is 351 g/mol. The molecule has 7 nitrogen and oxygen atoms in total. The van der Waals surface area contributed by atoms with E-state index in [0.717, 1.165) is 34.5 Å². The molecule has 3 heterocycles. The summed E-state index contributed by atoms with van der Waals surface area (Å²) in [4.78, 5) is 13.5. The quantitative estimate of drug-likeness (QED) is 0.736. The minimum Gasteiger partial charge on any atom is -0.480 e. The Labute approximate surface area is 151 Å². The van der Waals surface area contributed by atoms with Crippen molar-refractivity contribution < 1.29 is 9.47 Å². The molecule has 0 spiro atoms. The Morgan fingerprint density at radius 3 is 2.96 bits per heavy atom. The summed E-state index contributed by atoms with van der Waals surface area (Å²) in [5.74, 6) is 1.14. The number of ether oxygens (including phenoxy) is 2. The highest BCUT2D eigenvalue weighted by Gasteiger charge is 2.24. The predicted octanol–water partition coefficient (Wildman–Crippen LogP) is 2.57. The number of anilines is 1. The first-order valence-electron chi connectivity index (χ1n) is 8.53. The van der Waals surface area contributed by atoms with Crippen LogP contribution in [0.1, 0.15) is 23.7 Å². The lowest BCUT2D eigenvalue weighted by atomic mass is 10.0. The largest absolute Gasteiger partial charge is 0.480 e. The lowest BCUT2D eigenvalue weighted by Crippen LogP contribution is -2.22. The van der Waals surface area contributed by atoms with E-state index in [1.54, 1.807) is 20.4 Å². The fourth-order valence-corrected chi connectivity index (χ4v) is 3.27. The Morgan fingerprint density at radius 2 is 2.15 bits per heavy atom. The average Bonchev–Trinajstić information content (AvgIpc) is 3.27. The number of aromatic nitrogens is 4. The minimum atomic E-state index is 0.111. The maximum absolute atomic E-state index is 5.58. The molecule has 7 heteroatoms. The van der Waals surface area contributed by atoms with Crippen LogP contribution in [-0.4, -0.2) is 46.2 Å². The maximum Gasteiger partial charge on any atom is 0.226 e. The third-order valence-corrected chi connectivity index (χ3v) is 4.40. The standard InChI is InChI=1S/C19H21N5O2/c1-12(11-25-2)21-19-22-15-6-5-14(17(15)18(23-19)26-3)13-4-7-16-20-8-9-24(16)10-13/h4-5,7-10,12H,6,11H2,1-3H3,(H,21,22,23)/t12-/m1/s1. The van der Waals surface area contributed by atoms with Crippen LogP contribution in [0.5, 0.6) is 5.88 Å². The molecule has 0 unspecified atom stereocenters. The molecule has 0 fully saturated rings. The van der Waals surface area contributed by atoms with Gasteiger partial charge in [0.15, 0.2) is 0 Å². The van der Waals surface area contributed by atoms with Gasteiger partial charge in [-0.25, -0.2) is 9.97 Å². The van der Waals surface area contributed by atoms with E-state index in [0.29, 0.717) is 18.4 Å². The molecule has 0 saturated heterocycles. The van der Waals surface area contributed by atoms with Gasteiger partial charge in [0, 0.05) is 38.2 Å². The van der Waals surface area contributed by atoms with Gasteiger partial charge in [-0.1, -0.05) is 6.08 Å². The van der Waals surface area contributed by atoms with Gasteiger partial charge < -0.3 is 19.2 Å². The summed E-state index contributed by atoms with van der Waals surface area (Å²) in [5, 5.41) is 3.26. The second-order valence-corrected chi connectivity index (χ2v) is 6.31. The number of hydrogen-bond donors (Lipinski definition) is 1. The van der Waals surface area contributed by atoms with Crippen molar-refractivity contribution in [2.75, 3.05) is 26.1 Å². The topological polar surface area (TPSA) is 73.6 Å². The van der Waals surface area contributed by atoms with Gasteiger partial charge in [-0.15, -0.1) is 0 Å². The molecule has 134 valence electrons. The van der Waals surface area contributed by atoms with Crippen molar-refractivity contribution in [1.82, 2.24) is 19.4 Å². The Bertz CT molecular complexity index is 979. The average molecular weight is 351 g/mol. The summed E-state index contributed by atoms with van der Waals surface area (Å²) in [7, 11) is 3.32. The fourth-order valence-electron chi connectivity index (χ4n) is 3.27. The smallest absolute Gasteiger partial charge is 0.226 e. The molecular formula is C19H21N5O2. The SMILES string of the molecule is COC[C@@H](C)Nc1nc2c(c(OC)n1)C(c1ccc3nccn3c1)=CC2. The molecule has 1 aliphatic carbocycles. The van der Waals surface area contributed by atoms with Crippen LogP contribution in [0.15, 0.2) is 36.8 Å². The van der Waals surface area contributed by atoms with Crippen molar-refractivity contribution in [2.45, 2.75) is 19.4 Å². The van der Waals surface area contributed by atoms with Crippen molar-refractivity contribution in [2.24, 2.45) is 0 Å². The first-order chi connectivity index (χ1) is 12.7. The van der Waals surface area contributed by atoms with Gasteiger partial charge in [-0.3, -0.25) is 0 Å². The summed E-state index contributed by atoms with van der Waals surface area (Å²) in [6.45, 7) is 2.60. The lowest BCUT2D eigenvalue weighted by molar-refractivity contribution is 0.190. The third kappa shape index (κ3) is 2.90. The normalized spacial score (nSPS) is 14.2. The Hall–Kier alpha value is -2.93. The lowest BCUT2D eigenvalue weighted by Gasteiger charge is -2.16. The van der Waals surface area contributed by atoms with Crippen LogP contribution in [0.4, 0.5) is 5.95 Å². The van der Waals surface area contributed by atoms with E-state index in [4.69, 9.17) is 9.47 Å². The number of hydrogen-bond acceptors (Lipinski definition) is 6. The number of rotatable bonds is 6. The van der Waals surface area contributed by atoms with Crippen LogP contribution in [0.2, 0.25) is 0 Å². The third-order valence-electron chi connectivity index (χ3n) is 4.40. The number of imidazole rings is 1. The summed E-state index contributed by atoms with van der Waals surface area (Å²) < 4.78 is 12.7. The Morgan fingerprint density at radius 1 is 1.27 bits per heavy atom. The Balaban J connectivity index is 1.70. The molecule has 0 radical (unpaired) electrons. The summed E-state index contributed by atoms with van der Waals surface area (Å²) >= 11 is 0. The van der Waals surface area contributed by atoms with E-state index < -0.39 is 0 Å². The van der Waals surface area contributed by atoms with Crippen molar-refractivity contribution in [3.05, 3.63) is 53.6 Å². The number of methoxy groups -OCH3 is 2. The van der Waals surface area contributed by atoms with Gasteiger partial charge >= 0.3 is 0 Å². The highest BCUT2D eigenvalue weighted by Crippen LogP contribution is 2.37. The molecule has 3 aromatic rings. The van der Waals surface area contributed by atoms with Crippen LogP contribution in [-0.2, 0) is 11.2 Å². The van der Waals surface area contributed by atoms with E-state index in [-0.39, 0.29) is 6.04 Å². The summed E-state index contributed by atoms with van der Waals surface area (Å²) in [6.07, 6.45) is 8.71. The fraction of sp³-hybridized carbons (Fsp3) is 0.316. The van der Waals surface area contributed by atoms with Gasteiger partial charge in [0.1, 0.15) is 5.65 Å². The summed E-state index contributed by atoms with van der Waals surface area (Å²) in [5.41, 5.74) is 5.01. The highest BCUT2D eigenvalue weighted by atomic mass is 16.5. The van der Waals surface area contributed by atoms with Crippen LogP contribution < -0.4 is 10.1 Å². The zero-order valence-electron chi connectivity index (χ0n) is 15.1. The van der Waals surface area contributed by atoms with E-state index in [1.165, 1.54) is 0 Å². The molecule has 0 bridgehead atoms. The van der Waals surface area contributed by atoms with Gasteiger partial charge in [0.2, 0.25) is 11.8 Å². The molecule has 0 saturated carbocycles. The van der Waals surface area contributed by atoms with E-state index in [9.17, 15) is 0 Å². The van der Waals surface area contributed by atoms with Gasteiger partial charge in [-0.05, 0) is 30.2 Å². The number of pyridine rings is 1. The summed E-state index contributed by atoms with van der Waals surface area (Å²) in [6, 6.07) is 4.18. The van der Waals surface area contributed by atoms with E-state index in [2.05, 4.69) is 38.6 Å². The minimum absolute atomic E-state index is 0.111. The first kappa shape index (κ1) is 16.5. The predicted molar refractivity (Wildman–Crippen MR) is 99.5 cm³/mol. The zero-order chi connectivity index (χ0) is 18.1. The molecule has 1 atom stereocenters. The van der Waals surface area contributed by atoms with E-state index in [1.807, 2.05) is 23.6 Å². The number of nitrogens with zero attached hydrogens (tertiary/aromatic N) is 4. The second kappa shape index (κ2) is 6.76. The number of nitrogens with one attached hydrogen (secondary N) is 1. The zero-order valence-corrected chi connectivity index (χ0v) is 15.1. The number of allylic oxidation sites excluding steroid dienone is 1. The second-order valence-electron chi connectivity index (χ2n) is 6.31. The molecule has 4 rings (SSSR count). The molecule has 1 aliphatic rings. The Kier molecular flexibility index (Phi) is 4.30. The van der Waals surface area contributed by atoms with E-state index >= 15 is 0 Å². The first-order valence-corrected chi connectivity index (χ1v) is 8.53. The molecule has 26 heavy (non-hydrogen) atoms. The van der Waals surface area contributed by atoms with Crippen molar-refractivity contribution >= 4 is 17.2 Å². The van der Waals surface area contributed by atoms with Gasteiger partial charge in [-0.2, -0.15) is 4.98 Å². The molecule has 3 aromatic heterocycles. The molecule has 1 N–H and O–H groups in total. The van der Waals surface area contributed by atoms with Crippen molar-refractivity contribution in [3.8, 4) is 5.88 Å². The molecule has 0 aromatic carbocycles. The van der Waals surface area contributed by atoms with Gasteiger partial charge in [0.05, 0.1) is 25.0 Å². The van der Waals surface area contributed by atoms with Crippen LogP contribution in [0, 0.1) is 0 Å². The number of fused-ring (bicyclic) bond motifs is 2. The molecular weight excluding hydrogens is 330 g/mol. The van der Waals surface area contributed by atoms with Crippen LogP contribution >= 0.6 is 0 Å². The van der Waals surface area contributed by atoms with Crippen molar-refractivity contribution in [1.29, 1.82) is 0 Å². The molecule has 0 amide bonds. The maximum atomic E-state index is 5.58. The van der Waals surface area contributed by atoms with Crippen molar-refractivity contribution in [3.63, 3.8) is 0 Å². The highest BCUT2D eigenvalue weighted by molar-refractivity contribution is 5.86. The molecule has 0 aliphatic heterocycles. The van der Waals surface area contributed by atoms with Crippen LogP contribution in [0.3, 0.4) is 0 Å². The van der Waals surface area contributed by atoms with Gasteiger partial charge in [0.25, 0.3) is 0 Å².